The topological polar surface area (TPSA) is 65.0 Å². The lowest BCUT2D eigenvalue weighted by atomic mass is 10.0. The molecule has 0 saturated carbocycles. The maximum Gasteiger partial charge on any atom is 0.333 e. The number of methoxy groups -OCH3 is 1. The Morgan fingerprint density at radius 3 is 2.76 bits per heavy atom. The van der Waals surface area contributed by atoms with Crippen molar-refractivity contribution in [1.82, 2.24) is 0 Å². The summed E-state index contributed by atoms with van der Waals surface area (Å²) in [5.74, 6) is -1.09. The third-order valence-electron chi connectivity index (χ3n) is 2.56. The first-order valence-corrected chi connectivity index (χ1v) is 5.60. The molecule has 0 unspecified atom stereocenters. The Kier molecular flexibility index (Phi) is 4.68. The second-order valence-corrected chi connectivity index (χ2v) is 4.64. The molecule has 0 radical (unpaired) electrons. The van der Waals surface area contributed by atoms with Crippen LogP contribution in [-0.4, -0.2) is 42.8 Å². The largest absolute Gasteiger partial charge is 0.466 e. The van der Waals surface area contributed by atoms with Crippen LogP contribution < -0.4 is 0 Å². The third-order valence-corrected chi connectivity index (χ3v) is 2.56. The van der Waals surface area contributed by atoms with E-state index in [2.05, 4.69) is 11.3 Å². The van der Waals surface area contributed by atoms with Gasteiger partial charge in [0.1, 0.15) is 0 Å². The van der Waals surface area contributed by atoms with Gasteiger partial charge in [0, 0.05) is 18.4 Å². The van der Waals surface area contributed by atoms with Gasteiger partial charge in [0.05, 0.1) is 25.9 Å². The molecule has 0 aliphatic carbocycles. The van der Waals surface area contributed by atoms with Gasteiger partial charge in [-0.1, -0.05) is 6.58 Å². The number of carbonyl (C=O) groups is 1. The van der Waals surface area contributed by atoms with E-state index < -0.39 is 17.9 Å². The highest BCUT2D eigenvalue weighted by Crippen LogP contribution is 2.25. The maximum atomic E-state index is 11.1. The van der Waals surface area contributed by atoms with Crippen LogP contribution in [0.1, 0.15) is 26.7 Å². The van der Waals surface area contributed by atoms with Crippen LogP contribution in [-0.2, 0) is 19.0 Å². The molecule has 98 valence electrons. The molecule has 1 fully saturated rings. The lowest BCUT2D eigenvalue weighted by Crippen LogP contribution is -2.25. The molecule has 1 aliphatic heterocycles. The van der Waals surface area contributed by atoms with Crippen molar-refractivity contribution in [3.05, 3.63) is 12.2 Å². The van der Waals surface area contributed by atoms with Gasteiger partial charge in [-0.3, -0.25) is 0 Å². The van der Waals surface area contributed by atoms with Gasteiger partial charge in [-0.2, -0.15) is 0 Å². The van der Waals surface area contributed by atoms with Crippen LogP contribution in [0.4, 0.5) is 0 Å². The molecule has 0 aromatic carbocycles. The third kappa shape index (κ3) is 4.46. The summed E-state index contributed by atoms with van der Waals surface area (Å²) in [6.07, 6.45) is -0.221. The lowest BCUT2D eigenvalue weighted by Gasteiger charge is -2.19. The SMILES string of the molecule is C=C(C[C@H](O)C[C@H]1COC(C)(C)O1)C(=O)OC. The fourth-order valence-corrected chi connectivity index (χ4v) is 1.78. The Labute approximate surface area is 101 Å². The summed E-state index contributed by atoms with van der Waals surface area (Å²) in [5, 5.41) is 9.79. The Bertz CT molecular complexity index is 297. The van der Waals surface area contributed by atoms with E-state index in [1.807, 2.05) is 13.8 Å². The number of ether oxygens (including phenoxy) is 3. The van der Waals surface area contributed by atoms with Crippen molar-refractivity contribution in [3.63, 3.8) is 0 Å². The van der Waals surface area contributed by atoms with Gasteiger partial charge in [0.15, 0.2) is 5.79 Å². The summed E-state index contributed by atoms with van der Waals surface area (Å²) in [6.45, 7) is 7.67. The van der Waals surface area contributed by atoms with Gasteiger partial charge in [-0.15, -0.1) is 0 Å². The zero-order valence-electron chi connectivity index (χ0n) is 10.6. The first-order valence-electron chi connectivity index (χ1n) is 5.60. The van der Waals surface area contributed by atoms with Crippen molar-refractivity contribution in [1.29, 1.82) is 0 Å². The molecule has 0 aromatic rings. The first kappa shape index (κ1) is 14.2. The van der Waals surface area contributed by atoms with Crippen LogP contribution >= 0.6 is 0 Å². The number of esters is 1. The molecule has 0 amide bonds. The van der Waals surface area contributed by atoms with Crippen LogP contribution in [0.25, 0.3) is 0 Å². The van der Waals surface area contributed by atoms with E-state index in [9.17, 15) is 9.90 Å². The van der Waals surface area contributed by atoms with E-state index >= 15 is 0 Å². The Balaban J connectivity index is 2.33. The highest BCUT2D eigenvalue weighted by atomic mass is 16.7. The van der Waals surface area contributed by atoms with E-state index in [0.717, 1.165) is 0 Å². The minimum Gasteiger partial charge on any atom is -0.466 e. The summed E-state index contributed by atoms with van der Waals surface area (Å²) in [6, 6.07) is 0. The number of carbonyl (C=O) groups excluding carboxylic acids is 1. The molecule has 2 atom stereocenters. The molecular formula is C12H20O5. The summed E-state index contributed by atoms with van der Waals surface area (Å²) in [5.41, 5.74) is 0.262. The Morgan fingerprint density at radius 1 is 1.65 bits per heavy atom. The van der Waals surface area contributed by atoms with E-state index in [-0.39, 0.29) is 18.1 Å². The minimum absolute atomic E-state index is 0.148. The van der Waals surface area contributed by atoms with Gasteiger partial charge in [0.25, 0.3) is 0 Å². The molecule has 1 N–H and O–H groups in total. The number of rotatable bonds is 5. The lowest BCUT2D eigenvalue weighted by molar-refractivity contribution is -0.142. The van der Waals surface area contributed by atoms with Crippen molar-refractivity contribution in [3.8, 4) is 0 Å². The molecule has 1 saturated heterocycles. The summed E-state index contributed by atoms with van der Waals surface area (Å²) in [4.78, 5) is 11.1. The predicted octanol–water partition coefficient (Wildman–Crippen LogP) is 1.01. The van der Waals surface area contributed by atoms with Crippen molar-refractivity contribution >= 4 is 5.97 Å². The molecule has 17 heavy (non-hydrogen) atoms. The second-order valence-electron chi connectivity index (χ2n) is 4.64. The molecule has 5 heteroatoms. The molecule has 0 bridgehead atoms. The zero-order chi connectivity index (χ0) is 13.1. The van der Waals surface area contributed by atoms with Crippen molar-refractivity contribution in [2.75, 3.05) is 13.7 Å². The smallest absolute Gasteiger partial charge is 0.333 e. The zero-order valence-corrected chi connectivity index (χ0v) is 10.6. The standard InChI is InChI=1S/C12H20O5/c1-8(11(14)15-4)5-9(13)6-10-7-16-12(2,3)17-10/h9-10,13H,1,5-7H2,2-4H3/t9-,10-/m0/s1. The van der Waals surface area contributed by atoms with Crippen LogP contribution in [0, 0.1) is 0 Å². The molecule has 1 rings (SSSR count). The van der Waals surface area contributed by atoms with Crippen molar-refractivity contribution in [2.24, 2.45) is 0 Å². The number of aliphatic hydroxyl groups is 1. The number of hydrogen-bond acceptors (Lipinski definition) is 5. The molecule has 1 aliphatic rings. The second kappa shape index (κ2) is 5.62. The number of hydrogen-bond donors (Lipinski definition) is 1. The quantitative estimate of drug-likeness (QED) is 0.577. The Morgan fingerprint density at radius 2 is 2.29 bits per heavy atom. The van der Waals surface area contributed by atoms with Crippen molar-refractivity contribution < 1.29 is 24.1 Å². The van der Waals surface area contributed by atoms with E-state index in [0.29, 0.717) is 13.0 Å². The predicted molar refractivity (Wildman–Crippen MR) is 61.3 cm³/mol. The van der Waals surface area contributed by atoms with Crippen LogP contribution in [0.15, 0.2) is 12.2 Å². The first-order chi connectivity index (χ1) is 7.84. The van der Waals surface area contributed by atoms with Gasteiger partial charge in [0.2, 0.25) is 0 Å². The van der Waals surface area contributed by atoms with Gasteiger partial charge in [-0.25, -0.2) is 4.79 Å². The summed E-state index contributed by atoms with van der Waals surface area (Å²) in [7, 11) is 1.29. The average molecular weight is 244 g/mol. The fraction of sp³-hybridized carbons (Fsp3) is 0.750. The molecule has 0 spiro atoms. The molecular weight excluding hydrogens is 224 g/mol. The normalized spacial score (nSPS) is 24.4. The number of aliphatic hydroxyl groups excluding tert-OH is 1. The average Bonchev–Trinajstić information content (AvgIpc) is 2.56. The monoisotopic (exact) mass is 244 g/mol. The molecule has 0 aromatic heterocycles. The summed E-state index contributed by atoms with van der Waals surface area (Å²) >= 11 is 0. The minimum atomic E-state index is -0.677. The van der Waals surface area contributed by atoms with Gasteiger partial charge < -0.3 is 19.3 Å². The van der Waals surface area contributed by atoms with Gasteiger partial charge >= 0.3 is 5.97 Å². The van der Waals surface area contributed by atoms with E-state index in [4.69, 9.17) is 9.47 Å². The highest BCUT2D eigenvalue weighted by molar-refractivity contribution is 5.87. The summed E-state index contributed by atoms with van der Waals surface area (Å²) < 4.78 is 15.5. The highest BCUT2D eigenvalue weighted by Gasteiger charge is 2.33. The van der Waals surface area contributed by atoms with Crippen LogP contribution in [0.5, 0.6) is 0 Å². The van der Waals surface area contributed by atoms with Crippen molar-refractivity contribution in [2.45, 2.75) is 44.7 Å². The van der Waals surface area contributed by atoms with E-state index in [1.165, 1.54) is 7.11 Å². The molecule has 1 heterocycles. The van der Waals surface area contributed by atoms with Crippen LogP contribution in [0.2, 0.25) is 0 Å². The van der Waals surface area contributed by atoms with Gasteiger partial charge in [-0.05, 0) is 13.8 Å². The maximum absolute atomic E-state index is 11.1. The molecule has 5 nitrogen and oxygen atoms in total. The van der Waals surface area contributed by atoms with E-state index in [1.54, 1.807) is 0 Å². The Hall–Kier alpha value is -0.910. The van der Waals surface area contributed by atoms with Crippen LogP contribution in [0.3, 0.4) is 0 Å². The fourth-order valence-electron chi connectivity index (χ4n) is 1.78.